The number of piperidine rings is 1. The molecule has 2 atom stereocenters. The lowest BCUT2D eigenvalue weighted by molar-refractivity contribution is 0.341. The average molecular weight is 239 g/mol. The summed E-state index contributed by atoms with van der Waals surface area (Å²) in [4.78, 5) is 4.33. The molecule has 1 aliphatic carbocycles. The van der Waals surface area contributed by atoms with E-state index in [0.29, 0.717) is 11.6 Å². The van der Waals surface area contributed by atoms with E-state index in [9.17, 15) is 0 Å². The van der Waals surface area contributed by atoms with Crippen LogP contribution in [0, 0.1) is 24.2 Å². The molecule has 1 aliphatic heterocycles. The van der Waals surface area contributed by atoms with Gasteiger partial charge in [0.25, 0.3) is 0 Å². The van der Waals surface area contributed by atoms with Crippen LogP contribution in [-0.2, 0) is 0 Å². The van der Waals surface area contributed by atoms with Gasteiger partial charge in [0.2, 0.25) is 0 Å². The largest absolute Gasteiger partial charge is 0.310 e. The molecule has 1 fully saturated rings. The van der Waals surface area contributed by atoms with Crippen molar-refractivity contribution in [2.24, 2.45) is 5.92 Å². The van der Waals surface area contributed by atoms with Crippen molar-refractivity contribution in [3.8, 4) is 6.07 Å². The lowest BCUT2D eigenvalue weighted by atomic mass is 9.92. The predicted octanol–water partition coefficient (Wildman–Crippen LogP) is 2.42. The fraction of sp³-hybridized carbons (Fsp3) is 0.467. The summed E-state index contributed by atoms with van der Waals surface area (Å²) in [5.74, 6) is 0.737. The molecule has 0 amide bonds. The zero-order chi connectivity index (χ0) is 12.5. The molecule has 0 bridgehead atoms. The van der Waals surface area contributed by atoms with Crippen molar-refractivity contribution in [3.63, 3.8) is 0 Å². The highest BCUT2D eigenvalue weighted by atomic mass is 14.9. The van der Waals surface area contributed by atoms with E-state index in [-0.39, 0.29) is 0 Å². The number of nitriles is 1. The van der Waals surface area contributed by atoms with Gasteiger partial charge >= 0.3 is 0 Å². The zero-order valence-corrected chi connectivity index (χ0v) is 10.6. The number of nitrogens with one attached hydrogen (secondary N) is 1. The summed E-state index contributed by atoms with van der Waals surface area (Å²) >= 11 is 0. The molecular weight excluding hydrogens is 222 g/mol. The summed E-state index contributed by atoms with van der Waals surface area (Å²) in [6.07, 6.45) is 7.93. The molecule has 0 radical (unpaired) electrons. The topological polar surface area (TPSA) is 48.7 Å². The number of fused-ring (bicyclic) bond motifs is 1. The molecule has 1 aromatic rings. The maximum atomic E-state index is 9.07. The fourth-order valence-corrected chi connectivity index (χ4v) is 3.01. The molecule has 1 N–H and O–H groups in total. The number of rotatable bonds is 1. The molecule has 2 heterocycles. The van der Waals surface area contributed by atoms with Crippen LogP contribution in [0.3, 0.4) is 0 Å². The van der Waals surface area contributed by atoms with Gasteiger partial charge in [-0.2, -0.15) is 5.26 Å². The smallest absolute Gasteiger partial charge is 0.101 e. The van der Waals surface area contributed by atoms with Gasteiger partial charge in [0.05, 0.1) is 11.3 Å². The van der Waals surface area contributed by atoms with Crippen molar-refractivity contribution >= 4 is 5.57 Å². The van der Waals surface area contributed by atoms with E-state index in [4.69, 9.17) is 5.26 Å². The Balaban J connectivity index is 1.90. The van der Waals surface area contributed by atoms with Crippen molar-refractivity contribution in [1.29, 1.82) is 5.26 Å². The van der Waals surface area contributed by atoms with Crippen molar-refractivity contribution in [3.05, 3.63) is 35.2 Å². The molecular formula is C15H17N3. The van der Waals surface area contributed by atoms with Crippen LogP contribution >= 0.6 is 0 Å². The van der Waals surface area contributed by atoms with E-state index >= 15 is 0 Å². The Morgan fingerprint density at radius 3 is 3.17 bits per heavy atom. The first-order valence-corrected chi connectivity index (χ1v) is 6.59. The number of allylic oxidation sites excluding steroid dienone is 1. The quantitative estimate of drug-likeness (QED) is 0.818. The molecule has 3 heteroatoms. The van der Waals surface area contributed by atoms with E-state index in [1.165, 1.54) is 18.4 Å². The van der Waals surface area contributed by atoms with Crippen LogP contribution in [0.1, 0.15) is 36.1 Å². The maximum absolute atomic E-state index is 9.07. The second kappa shape index (κ2) is 4.55. The van der Waals surface area contributed by atoms with Crippen molar-refractivity contribution in [2.45, 2.75) is 32.2 Å². The number of hydrogen-bond donors (Lipinski definition) is 1. The fourth-order valence-electron chi connectivity index (χ4n) is 3.01. The van der Waals surface area contributed by atoms with Crippen LogP contribution in [-0.4, -0.2) is 17.6 Å². The normalized spacial score (nSPS) is 26.3. The Morgan fingerprint density at radius 2 is 2.39 bits per heavy atom. The number of nitrogens with zero attached hydrogens (tertiary/aromatic N) is 2. The number of aryl methyl sites for hydroxylation is 1. The number of hydrogen-bond acceptors (Lipinski definition) is 3. The second-order valence-corrected chi connectivity index (χ2v) is 5.25. The van der Waals surface area contributed by atoms with Gasteiger partial charge in [0.1, 0.15) is 6.07 Å². The molecule has 0 spiro atoms. The molecule has 3 rings (SSSR count). The third-order valence-electron chi connectivity index (χ3n) is 4.08. The maximum Gasteiger partial charge on any atom is 0.101 e. The predicted molar refractivity (Wildman–Crippen MR) is 70.8 cm³/mol. The molecule has 0 saturated carbocycles. The van der Waals surface area contributed by atoms with Crippen LogP contribution < -0.4 is 5.32 Å². The van der Waals surface area contributed by atoms with E-state index in [2.05, 4.69) is 22.4 Å². The van der Waals surface area contributed by atoms with Crippen LogP contribution in [0.15, 0.2) is 18.3 Å². The molecule has 92 valence electrons. The summed E-state index contributed by atoms with van der Waals surface area (Å²) in [6.45, 7) is 3.01. The lowest BCUT2D eigenvalue weighted by Gasteiger charge is -2.25. The average Bonchev–Trinajstić information content (AvgIpc) is 2.83. The number of pyridine rings is 1. The summed E-state index contributed by atoms with van der Waals surface area (Å²) in [7, 11) is 0. The minimum atomic E-state index is 0.528. The van der Waals surface area contributed by atoms with Crippen molar-refractivity contribution in [2.75, 3.05) is 6.54 Å². The Hall–Kier alpha value is -1.66. The Labute approximate surface area is 108 Å². The second-order valence-electron chi connectivity index (χ2n) is 5.25. The van der Waals surface area contributed by atoms with Crippen molar-refractivity contribution < 1.29 is 0 Å². The van der Waals surface area contributed by atoms with Gasteiger partial charge in [0.15, 0.2) is 0 Å². The third-order valence-corrected chi connectivity index (χ3v) is 4.08. The first-order chi connectivity index (χ1) is 8.78. The Bertz CT molecular complexity index is 539. The minimum absolute atomic E-state index is 0.528. The summed E-state index contributed by atoms with van der Waals surface area (Å²) < 4.78 is 0. The lowest BCUT2D eigenvalue weighted by Crippen LogP contribution is -2.37. The SMILES string of the molecule is Cc1ncc(C2=CC3NCCCC3C2)cc1C#N. The summed E-state index contributed by atoms with van der Waals surface area (Å²) in [6, 6.07) is 4.72. The van der Waals surface area contributed by atoms with Gasteiger partial charge in [-0.15, -0.1) is 0 Å². The Morgan fingerprint density at radius 1 is 1.50 bits per heavy atom. The van der Waals surface area contributed by atoms with E-state index in [1.54, 1.807) is 0 Å². The van der Waals surface area contributed by atoms with Crippen LogP contribution in [0.2, 0.25) is 0 Å². The highest BCUT2D eigenvalue weighted by molar-refractivity contribution is 5.69. The highest BCUT2D eigenvalue weighted by Gasteiger charge is 2.30. The summed E-state index contributed by atoms with van der Waals surface area (Å²) in [5, 5.41) is 12.6. The van der Waals surface area contributed by atoms with E-state index in [1.807, 2.05) is 19.2 Å². The van der Waals surface area contributed by atoms with E-state index in [0.717, 1.165) is 30.1 Å². The van der Waals surface area contributed by atoms with Crippen LogP contribution in [0.4, 0.5) is 0 Å². The van der Waals surface area contributed by atoms with Crippen LogP contribution in [0.5, 0.6) is 0 Å². The molecule has 1 aromatic heterocycles. The summed E-state index contributed by atoms with van der Waals surface area (Å²) in [5.41, 5.74) is 3.98. The standard InChI is InChI=1S/C15H17N3/c1-10-13(8-16)6-14(9-18-10)12-5-11-3-2-4-17-15(11)7-12/h6-7,9,11,15,17H,2-5H2,1H3. The third kappa shape index (κ3) is 1.93. The van der Waals surface area contributed by atoms with E-state index < -0.39 is 0 Å². The van der Waals surface area contributed by atoms with Gasteiger partial charge in [-0.3, -0.25) is 4.98 Å². The van der Waals surface area contributed by atoms with Gasteiger partial charge in [0, 0.05) is 12.2 Å². The molecule has 18 heavy (non-hydrogen) atoms. The Kier molecular flexibility index (Phi) is 2.89. The molecule has 0 aromatic carbocycles. The molecule has 2 aliphatic rings. The van der Waals surface area contributed by atoms with Crippen LogP contribution in [0.25, 0.3) is 5.57 Å². The molecule has 3 nitrogen and oxygen atoms in total. The highest BCUT2D eigenvalue weighted by Crippen LogP contribution is 2.36. The van der Waals surface area contributed by atoms with Gasteiger partial charge in [-0.05, 0) is 55.9 Å². The number of aromatic nitrogens is 1. The zero-order valence-electron chi connectivity index (χ0n) is 10.6. The van der Waals surface area contributed by atoms with Gasteiger partial charge in [-0.1, -0.05) is 6.08 Å². The monoisotopic (exact) mass is 239 g/mol. The molecule has 1 saturated heterocycles. The van der Waals surface area contributed by atoms with Crippen molar-refractivity contribution in [1.82, 2.24) is 10.3 Å². The van der Waals surface area contributed by atoms with Gasteiger partial charge < -0.3 is 5.32 Å². The van der Waals surface area contributed by atoms with Gasteiger partial charge in [-0.25, -0.2) is 0 Å². The first-order valence-electron chi connectivity index (χ1n) is 6.59. The first kappa shape index (κ1) is 11.4. The molecule has 2 unspecified atom stereocenters. The minimum Gasteiger partial charge on any atom is -0.310 e.